The Morgan fingerprint density at radius 2 is 2.06 bits per heavy atom. The number of nitrogens with zero attached hydrogens (tertiary/aromatic N) is 5. The van der Waals surface area contributed by atoms with Crippen LogP contribution in [0, 0.1) is 17.1 Å². The summed E-state index contributed by atoms with van der Waals surface area (Å²) in [6.07, 6.45) is 1.42. The van der Waals surface area contributed by atoms with E-state index in [1.165, 1.54) is 30.5 Å². The standard InChI is InChI=1S/C20H13BrClFN5O5P/c21-16-2-1-12(18(23)19(16)33-14-6-11(9-24)5-13(22)8-14)7-17-15-3-4-25-26-20(15)28(27-17)10-32-34(29,30)31/h1-6,8H,7,10H2,(H2,29,30,31). The highest BCUT2D eigenvalue weighted by atomic mass is 79.9. The molecule has 0 spiro atoms. The molecular formula is C20H13BrClFN5O5P. The summed E-state index contributed by atoms with van der Waals surface area (Å²) in [4.78, 5) is 17.9. The third-order valence-electron chi connectivity index (χ3n) is 4.55. The summed E-state index contributed by atoms with van der Waals surface area (Å²) < 4.78 is 38.2. The maximum Gasteiger partial charge on any atom is 0.471 e. The van der Waals surface area contributed by atoms with Crippen LogP contribution in [0.4, 0.5) is 4.39 Å². The lowest BCUT2D eigenvalue weighted by Crippen LogP contribution is -2.05. The quantitative estimate of drug-likeness (QED) is 0.303. The van der Waals surface area contributed by atoms with E-state index >= 15 is 4.39 Å². The number of fused-ring (bicyclic) bond motifs is 1. The fourth-order valence-electron chi connectivity index (χ4n) is 3.13. The lowest BCUT2D eigenvalue weighted by molar-refractivity contribution is 0.147. The lowest BCUT2D eigenvalue weighted by atomic mass is 10.1. The Kier molecular flexibility index (Phi) is 6.95. The Bertz CT molecular complexity index is 1490. The molecule has 2 N–H and O–H groups in total. The Balaban J connectivity index is 1.69. The highest BCUT2D eigenvalue weighted by molar-refractivity contribution is 9.10. The van der Waals surface area contributed by atoms with E-state index in [2.05, 4.69) is 35.7 Å². The molecule has 0 unspecified atom stereocenters. The molecule has 2 aromatic carbocycles. The highest BCUT2D eigenvalue weighted by Crippen LogP contribution is 2.38. The SMILES string of the molecule is N#Cc1cc(Cl)cc(Oc2c(Br)ccc(Cc3nn(COP(=O)(O)O)c4nnccc34)c2F)c1. The van der Waals surface area contributed by atoms with Crippen molar-refractivity contribution in [3.05, 3.63) is 74.7 Å². The molecule has 4 rings (SSSR count). The maximum atomic E-state index is 15.5. The molecule has 0 aliphatic heterocycles. The molecule has 0 bridgehead atoms. The minimum absolute atomic E-state index is 0.000428. The van der Waals surface area contributed by atoms with E-state index in [1.54, 1.807) is 12.1 Å². The molecule has 14 heteroatoms. The normalized spacial score (nSPS) is 11.5. The van der Waals surface area contributed by atoms with Gasteiger partial charge in [0.15, 0.2) is 23.9 Å². The van der Waals surface area contributed by atoms with Crippen LogP contribution in [0.3, 0.4) is 0 Å². The van der Waals surface area contributed by atoms with Gasteiger partial charge in [0.1, 0.15) is 5.75 Å². The van der Waals surface area contributed by atoms with Crippen LogP contribution in [0.5, 0.6) is 11.5 Å². The minimum atomic E-state index is -4.75. The van der Waals surface area contributed by atoms with Gasteiger partial charge in [0, 0.05) is 16.8 Å². The van der Waals surface area contributed by atoms with Crippen molar-refractivity contribution < 1.29 is 28.0 Å². The van der Waals surface area contributed by atoms with Gasteiger partial charge in [-0.3, -0.25) is 4.52 Å². The van der Waals surface area contributed by atoms with E-state index in [9.17, 15) is 4.57 Å². The maximum absolute atomic E-state index is 15.5. The number of hydrogen-bond acceptors (Lipinski definition) is 7. The third-order valence-corrected chi connectivity index (χ3v) is 5.85. The topological polar surface area (TPSA) is 143 Å². The zero-order chi connectivity index (χ0) is 24.5. The summed E-state index contributed by atoms with van der Waals surface area (Å²) in [5, 5.41) is 21.8. The molecule has 34 heavy (non-hydrogen) atoms. The van der Waals surface area contributed by atoms with E-state index in [-0.39, 0.29) is 39.7 Å². The van der Waals surface area contributed by atoms with E-state index in [1.807, 2.05) is 6.07 Å². The number of phosphoric ester groups is 1. The van der Waals surface area contributed by atoms with Gasteiger partial charge >= 0.3 is 7.82 Å². The second-order valence-electron chi connectivity index (χ2n) is 6.88. The predicted octanol–water partition coefficient (Wildman–Crippen LogP) is 4.70. The Hall–Kier alpha value is -2.91. The molecule has 0 aliphatic carbocycles. The van der Waals surface area contributed by atoms with Gasteiger partial charge in [-0.15, -0.1) is 5.10 Å². The molecule has 174 valence electrons. The van der Waals surface area contributed by atoms with Gasteiger partial charge in [-0.1, -0.05) is 17.7 Å². The monoisotopic (exact) mass is 567 g/mol. The van der Waals surface area contributed by atoms with Crippen LogP contribution in [0.25, 0.3) is 11.0 Å². The van der Waals surface area contributed by atoms with Gasteiger partial charge in [-0.2, -0.15) is 15.5 Å². The van der Waals surface area contributed by atoms with Crippen molar-refractivity contribution in [3.63, 3.8) is 0 Å². The predicted molar refractivity (Wildman–Crippen MR) is 122 cm³/mol. The van der Waals surface area contributed by atoms with Crippen molar-refractivity contribution in [3.8, 4) is 17.6 Å². The Labute approximate surface area is 204 Å². The van der Waals surface area contributed by atoms with Crippen molar-refractivity contribution >= 4 is 46.4 Å². The Morgan fingerprint density at radius 3 is 2.79 bits per heavy atom. The first kappa shape index (κ1) is 24.2. The lowest BCUT2D eigenvalue weighted by Gasteiger charge is -2.12. The summed E-state index contributed by atoms with van der Waals surface area (Å²) >= 11 is 9.28. The first-order chi connectivity index (χ1) is 16.1. The molecule has 0 amide bonds. The van der Waals surface area contributed by atoms with Gasteiger partial charge in [0.25, 0.3) is 0 Å². The zero-order valence-electron chi connectivity index (χ0n) is 16.9. The molecule has 0 saturated heterocycles. The van der Waals surface area contributed by atoms with Crippen molar-refractivity contribution in [2.45, 2.75) is 13.2 Å². The summed E-state index contributed by atoms with van der Waals surface area (Å²) in [5.41, 5.74) is 1.06. The van der Waals surface area contributed by atoms with Crippen LogP contribution in [-0.4, -0.2) is 29.8 Å². The zero-order valence-corrected chi connectivity index (χ0v) is 20.1. The average molecular weight is 569 g/mol. The molecule has 10 nitrogen and oxygen atoms in total. The van der Waals surface area contributed by atoms with Crippen molar-refractivity contribution in [1.29, 1.82) is 5.26 Å². The molecule has 0 radical (unpaired) electrons. The molecular weight excluding hydrogens is 556 g/mol. The van der Waals surface area contributed by atoms with E-state index < -0.39 is 20.4 Å². The van der Waals surface area contributed by atoms with Crippen LogP contribution >= 0.6 is 35.4 Å². The molecule has 2 aromatic heterocycles. The minimum Gasteiger partial charge on any atom is -0.453 e. The van der Waals surface area contributed by atoms with Gasteiger partial charge in [-0.05, 0) is 51.8 Å². The molecule has 0 fully saturated rings. The number of halogens is 3. The fraction of sp³-hybridized carbons (Fsp3) is 0.100. The number of benzene rings is 2. The smallest absolute Gasteiger partial charge is 0.453 e. The largest absolute Gasteiger partial charge is 0.471 e. The first-order valence-electron chi connectivity index (χ1n) is 9.37. The van der Waals surface area contributed by atoms with Crippen LogP contribution in [0.2, 0.25) is 5.02 Å². The van der Waals surface area contributed by atoms with Crippen molar-refractivity contribution in [1.82, 2.24) is 20.0 Å². The number of aromatic nitrogens is 4. The van der Waals surface area contributed by atoms with E-state index in [0.29, 0.717) is 15.6 Å². The van der Waals surface area contributed by atoms with Gasteiger partial charge in [0.05, 0.1) is 28.0 Å². The van der Waals surface area contributed by atoms with Crippen LogP contribution in [-0.2, 0) is 22.2 Å². The second-order valence-corrected chi connectivity index (χ2v) is 9.41. The number of nitriles is 1. The van der Waals surface area contributed by atoms with Crippen molar-refractivity contribution in [2.75, 3.05) is 0 Å². The highest BCUT2D eigenvalue weighted by Gasteiger charge is 2.21. The summed E-state index contributed by atoms with van der Waals surface area (Å²) in [6, 6.07) is 11.0. The van der Waals surface area contributed by atoms with Crippen LogP contribution in [0.15, 0.2) is 47.1 Å². The number of ether oxygens (including phenoxy) is 1. The summed E-state index contributed by atoms with van der Waals surface area (Å²) in [7, 11) is -4.75. The first-order valence-corrected chi connectivity index (χ1v) is 12.1. The van der Waals surface area contributed by atoms with Crippen LogP contribution in [0.1, 0.15) is 16.8 Å². The number of hydrogen-bond donors (Lipinski definition) is 2. The number of phosphoric acid groups is 1. The van der Waals surface area contributed by atoms with Crippen LogP contribution < -0.4 is 4.74 Å². The average Bonchev–Trinajstić information content (AvgIpc) is 3.14. The fourth-order valence-corrected chi connectivity index (χ4v) is 4.00. The van der Waals surface area contributed by atoms with Gasteiger partial charge < -0.3 is 14.5 Å². The molecule has 0 atom stereocenters. The molecule has 0 saturated carbocycles. The third kappa shape index (κ3) is 5.42. The van der Waals surface area contributed by atoms with E-state index in [0.717, 1.165) is 4.68 Å². The Morgan fingerprint density at radius 1 is 1.26 bits per heavy atom. The summed E-state index contributed by atoms with van der Waals surface area (Å²) in [6.45, 7) is -0.577. The van der Waals surface area contributed by atoms with Crippen molar-refractivity contribution in [2.24, 2.45) is 0 Å². The summed E-state index contributed by atoms with van der Waals surface area (Å²) in [5.74, 6) is -0.610. The van der Waals surface area contributed by atoms with Gasteiger partial charge in [-0.25, -0.2) is 13.6 Å². The molecule has 2 heterocycles. The molecule has 0 aliphatic rings. The number of rotatable bonds is 7. The van der Waals surface area contributed by atoms with Gasteiger partial charge in [0.2, 0.25) is 0 Å². The van der Waals surface area contributed by atoms with E-state index in [4.69, 9.17) is 31.4 Å². The second kappa shape index (κ2) is 9.76. The molecule has 4 aromatic rings.